The molecule has 1 N–H and O–H groups in total. The van der Waals surface area contributed by atoms with Gasteiger partial charge in [-0.3, -0.25) is 0 Å². The maximum absolute atomic E-state index is 12.5. The van der Waals surface area contributed by atoms with Crippen molar-refractivity contribution in [2.24, 2.45) is 0 Å². The molecule has 1 saturated heterocycles. The lowest BCUT2D eigenvalue weighted by atomic mass is 10.0. The molecule has 3 aromatic rings. The number of carbonyl (C=O) groups is 2. The smallest absolute Gasteiger partial charge is 0.339 e. The van der Waals surface area contributed by atoms with Gasteiger partial charge in [0.2, 0.25) is 0 Å². The van der Waals surface area contributed by atoms with Crippen LogP contribution in [0.25, 0.3) is 0 Å². The van der Waals surface area contributed by atoms with Gasteiger partial charge in [0.05, 0.1) is 32.1 Å². The summed E-state index contributed by atoms with van der Waals surface area (Å²) in [5.74, 6) is -0.152. The number of rotatable bonds is 11. The molecule has 1 aromatic heterocycles. The molecule has 0 saturated carbocycles. The van der Waals surface area contributed by atoms with Crippen molar-refractivity contribution in [3.63, 3.8) is 0 Å². The normalized spacial score (nSPS) is 14.5. The SMILES string of the molecule is COC(=O)c1ccccc1N[C@@H](Cc1ccc(OCCc2nc(N3CCN(C)CC3)sc2C)cc1)C(=O)OC. The lowest BCUT2D eigenvalue weighted by Gasteiger charge is -2.32. The number of nitrogens with one attached hydrogen (secondary N) is 1. The van der Waals surface area contributed by atoms with Crippen molar-refractivity contribution >= 4 is 34.1 Å². The van der Waals surface area contributed by atoms with Crippen LogP contribution in [0.4, 0.5) is 10.8 Å². The number of thiazole rings is 1. The fraction of sp³-hybridized carbons (Fsp3) is 0.414. The van der Waals surface area contributed by atoms with Crippen molar-refractivity contribution in [1.82, 2.24) is 9.88 Å². The third-order valence-electron chi connectivity index (χ3n) is 6.77. The predicted molar refractivity (Wildman–Crippen MR) is 153 cm³/mol. The van der Waals surface area contributed by atoms with Crippen LogP contribution in [0.1, 0.15) is 26.5 Å². The molecule has 0 bridgehead atoms. The van der Waals surface area contributed by atoms with E-state index in [4.69, 9.17) is 19.2 Å². The number of anilines is 2. The number of aryl methyl sites for hydroxylation is 1. The minimum absolute atomic E-state index is 0.351. The van der Waals surface area contributed by atoms with E-state index < -0.39 is 18.0 Å². The standard InChI is InChI=1S/C29H36N4O5S/c1-20-24(31-29(39-20)33-16-14-32(2)15-17-33)13-18-38-22-11-9-21(10-12-22)19-26(28(35)37-4)30-25-8-6-5-7-23(25)27(34)36-3/h5-12,26,30H,13-19H2,1-4H3/t26-/m0/s1. The Hall–Kier alpha value is -3.63. The number of esters is 2. The Morgan fingerprint density at radius 1 is 1.03 bits per heavy atom. The Balaban J connectivity index is 1.33. The molecule has 0 aliphatic carbocycles. The van der Waals surface area contributed by atoms with Gasteiger partial charge in [0.15, 0.2) is 5.13 Å². The molecule has 208 valence electrons. The number of benzene rings is 2. The largest absolute Gasteiger partial charge is 0.493 e. The molecule has 1 fully saturated rings. The van der Waals surface area contributed by atoms with E-state index in [1.165, 1.54) is 19.1 Å². The Labute approximate surface area is 233 Å². The Kier molecular flexibility index (Phi) is 9.78. The number of aromatic nitrogens is 1. The van der Waals surface area contributed by atoms with Crippen molar-refractivity contribution in [2.45, 2.75) is 25.8 Å². The number of likely N-dealkylation sites (N-methyl/N-ethyl adjacent to an activating group) is 1. The highest BCUT2D eigenvalue weighted by Gasteiger charge is 2.23. The number of nitrogens with zero attached hydrogens (tertiary/aromatic N) is 3. The summed E-state index contributed by atoms with van der Waals surface area (Å²) < 4.78 is 15.9. The average molecular weight is 553 g/mol. The maximum Gasteiger partial charge on any atom is 0.339 e. The highest BCUT2D eigenvalue weighted by molar-refractivity contribution is 7.15. The lowest BCUT2D eigenvalue weighted by Crippen LogP contribution is -2.44. The Bertz CT molecular complexity index is 1250. The van der Waals surface area contributed by atoms with Gasteiger partial charge in [-0.05, 0) is 43.8 Å². The van der Waals surface area contributed by atoms with Crippen LogP contribution >= 0.6 is 11.3 Å². The topological polar surface area (TPSA) is 93.2 Å². The van der Waals surface area contributed by atoms with Gasteiger partial charge in [0.1, 0.15) is 11.8 Å². The zero-order chi connectivity index (χ0) is 27.8. The van der Waals surface area contributed by atoms with Crippen molar-refractivity contribution in [1.29, 1.82) is 0 Å². The Morgan fingerprint density at radius 3 is 2.44 bits per heavy atom. The van der Waals surface area contributed by atoms with Crippen molar-refractivity contribution in [3.05, 3.63) is 70.2 Å². The number of ether oxygens (including phenoxy) is 3. The molecule has 1 aliphatic heterocycles. The van der Waals surface area contributed by atoms with Crippen LogP contribution in [0.5, 0.6) is 5.75 Å². The van der Waals surface area contributed by atoms with Gasteiger partial charge < -0.3 is 29.3 Å². The number of para-hydroxylation sites is 1. The molecular formula is C29H36N4O5S. The quantitative estimate of drug-likeness (QED) is 0.357. The van der Waals surface area contributed by atoms with E-state index in [9.17, 15) is 9.59 Å². The number of hydrogen-bond acceptors (Lipinski definition) is 10. The first kappa shape index (κ1) is 28.4. The molecule has 1 atom stereocenters. The molecule has 39 heavy (non-hydrogen) atoms. The summed E-state index contributed by atoms with van der Waals surface area (Å²) in [4.78, 5) is 35.5. The van der Waals surface area contributed by atoms with E-state index in [1.54, 1.807) is 35.6 Å². The number of hydrogen-bond donors (Lipinski definition) is 1. The summed E-state index contributed by atoms with van der Waals surface area (Å²) in [6, 6.07) is 13.9. The van der Waals surface area contributed by atoms with E-state index in [1.807, 2.05) is 24.3 Å². The van der Waals surface area contributed by atoms with Gasteiger partial charge in [0.25, 0.3) is 0 Å². The van der Waals surface area contributed by atoms with E-state index >= 15 is 0 Å². The fourth-order valence-corrected chi connectivity index (χ4v) is 5.43. The first-order valence-corrected chi connectivity index (χ1v) is 13.8. The van der Waals surface area contributed by atoms with Crippen LogP contribution in [0.2, 0.25) is 0 Å². The third-order valence-corrected chi connectivity index (χ3v) is 7.85. The number of carbonyl (C=O) groups excluding carboxylic acids is 2. The summed E-state index contributed by atoms with van der Waals surface area (Å²) >= 11 is 1.76. The van der Waals surface area contributed by atoms with Gasteiger partial charge in [0, 0.05) is 49.6 Å². The van der Waals surface area contributed by atoms with Crippen LogP contribution in [-0.2, 0) is 27.1 Å². The monoisotopic (exact) mass is 552 g/mol. The fourth-order valence-electron chi connectivity index (χ4n) is 4.42. The third kappa shape index (κ3) is 7.48. The van der Waals surface area contributed by atoms with Gasteiger partial charge in [-0.15, -0.1) is 11.3 Å². The molecule has 2 heterocycles. The van der Waals surface area contributed by atoms with Crippen LogP contribution in [0, 0.1) is 6.92 Å². The van der Waals surface area contributed by atoms with E-state index in [0.717, 1.165) is 54.7 Å². The van der Waals surface area contributed by atoms with Crippen LogP contribution in [0.15, 0.2) is 48.5 Å². The first-order valence-electron chi connectivity index (χ1n) is 13.0. The molecule has 0 radical (unpaired) electrons. The van der Waals surface area contributed by atoms with Gasteiger partial charge in [-0.1, -0.05) is 24.3 Å². The molecule has 0 spiro atoms. The van der Waals surface area contributed by atoms with Crippen LogP contribution in [-0.4, -0.2) is 81.9 Å². The summed E-state index contributed by atoms with van der Waals surface area (Å²) in [5.41, 5.74) is 2.87. The summed E-state index contributed by atoms with van der Waals surface area (Å²) in [5, 5.41) is 4.24. The maximum atomic E-state index is 12.5. The average Bonchev–Trinajstić information content (AvgIpc) is 3.33. The molecule has 0 amide bonds. The van der Waals surface area contributed by atoms with Crippen LogP contribution in [0.3, 0.4) is 0 Å². The second kappa shape index (κ2) is 13.4. The molecule has 9 nitrogen and oxygen atoms in total. The molecule has 2 aromatic carbocycles. The molecule has 0 unspecified atom stereocenters. The molecule has 10 heteroatoms. The van der Waals surface area contributed by atoms with Gasteiger partial charge in [-0.2, -0.15) is 0 Å². The summed E-state index contributed by atoms with van der Waals surface area (Å²) in [6.45, 7) is 6.79. The second-order valence-electron chi connectivity index (χ2n) is 9.49. The predicted octanol–water partition coefficient (Wildman–Crippen LogP) is 3.81. The highest BCUT2D eigenvalue weighted by atomic mass is 32.1. The van der Waals surface area contributed by atoms with Crippen molar-refractivity contribution in [2.75, 3.05) is 64.3 Å². The zero-order valence-corrected chi connectivity index (χ0v) is 23.8. The first-order chi connectivity index (χ1) is 18.9. The van der Waals surface area contributed by atoms with Crippen molar-refractivity contribution in [3.8, 4) is 5.75 Å². The minimum Gasteiger partial charge on any atom is -0.493 e. The summed E-state index contributed by atoms with van der Waals surface area (Å²) in [6.07, 6.45) is 1.11. The van der Waals surface area contributed by atoms with E-state index in [2.05, 4.69) is 29.1 Å². The van der Waals surface area contributed by atoms with Crippen molar-refractivity contribution < 1.29 is 23.8 Å². The Morgan fingerprint density at radius 2 is 1.74 bits per heavy atom. The number of methoxy groups -OCH3 is 2. The number of piperazine rings is 1. The lowest BCUT2D eigenvalue weighted by molar-refractivity contribution is -0.141. The summed E-state index contributed by atoms with van der Waals surface area (Å²) in [7, 11) is 4.82. The highest BCUT2D eigenvalue weighted by Crippen LogP contribution is 2.27. The zero-order valence-electron chi connectivity index (χ0n) is 22.9. The second-order valence-corrected chi connectivity index (χ2v) is 10.7. The van der Waals surface area contributed by atoms with Crippen LogP contribution < -0.4 is 15.0 Å². The van der Waals surface area contributed by atoms with E-state index in [0.29, 0.717) is 24.3 Å². The van der Waals surface area contributed by atoms with Gasteiger partial charge in [-0.25, -0.2) is 14.6 Å². The molecular weight excluding hydrogens is 516 g/mol. The minimum atomic E-state index is -0.685. The van der Waals surface area contributed by atoms with Gasteiger partial charge >= 0.3 is 11.9 Å². The molecule has 4 rings (SSSR count). The molecule has 1 aliphatic rings. The van der Waals surface area contributed by atoms with E-state index in [-0.39, 0.29) is 0 Å².